The zero-order valence-corrected chi connectivity index (χ0v) is 9.64. The van der Waals surface area contributed by atoms with E-state index in [1.807, 2.05) is 6.07 Å². The summed E-state index contributed by atoms with van der Waals surface area (Å²) in [6.07, 6.45) is -0.864. The summed E-state index contributed by atoms with van der Waals surface area (Å²) in [5, 5.41) is 17.4. The second-order valence-electron chi connectivity index (χ2n) is 3.44. The summed E-state index contributed by atoms with van der Waals surface area (Å²) in [7, 11) is 1.47. The SMILES string of the molecule is COc1cc(CO[C@@H](C)C(=O)O)ccc1C#N. The Labute approximate surface area is 99.2 Å². The Morgan fingerprint density at radius 2 is 2.29 bits per heavy atom. The average Bonchev–Trinajstić information content (AvgIpc) is 2.35. The molecular formula is C12H13NO4. The number of rotatable bonds is 5. The molecule has 5 heteroatoms. The summed E-state index contributed by atoms with van der Waals surface area (Å²) in [4.78, 5) is 10.6. The standard InChI is InChI=1S/C12H13NO4/c1-8(12(14)15)17-7-9-3-4-10(6-13)11(5-9)16-2/h3-5,8H,7H2,1-2H3,(H,14,15)/t8-/m0/s1. The highest BCUT2D eigenvalue weighted by Crippen LogP contribution is 2.19. The Bertz CT molecular complexity index is 450. The molecule has 0 aromatic heterocycles. The van der Waals surface area contributed by atoms with Crippen LogP contribution in [0.25, 0.3) is 0 Å². The van der Waals surface area contributed by atoms with Crippen LogP contribution >= 0.6 is 0 Å². The quantitative estimate of drug-likeness (QED) is 0.837. The molecule has 0 spiro atoms. The van der Waals surface area contributed by atoms with E-state index in [-0.39, 0.29) is 6.61 Å². The van der Waals surface area contributed by atoms with Crippen LogP contribution in [0, 0.1) is 11.3 Å². The van der Waals surface area contributed by atoms with E-state index < -0.39 is 12.1 Å². The highest BCUT2D eigenvalue weighted by atomic mass is 16.5. The highest BCUT2D eigenvalue weighted by molar-refractivity contribution is 5.71. The van der Waals surface area contributed by atoms with Crippen LogP contribution in [-0.4, -0.2) is 24.3 Å². The Kier molecular flexibility index (Phi) is 4.49. The van der Waals surface area contributed by atoms with Gasteiger partial charge in [0.1, 0.15) is 11.8 Å². The molecule has 1 aromatic carbocycles. The minimum atomic E-state index is -1.01. The van der Waals surface area contributed by atoms with Gasteiger partial charge < -0.3 is 14.6 Å². The number of benzene rings is 1. The van der Waals surface area contributed by atoms with Gasteiger partial charge in [-0.3, -0.25) is 0 Å². The Morgan fingerprint density at radius 3 is 2.82 bits per heavy atom. The van der Waals surface area contributed by atoms with Gasteiger partial charge in [-0.15, -0.1) is 0 Å². The lowest BCUT2D eigenvalue weighted by Gasteiger charge is -2.10. The van der Waals surface area contributed by atoms with Crippen molar-refractivity contribution in [3.63, 3.8) is 0 Å². The van der Waals surface area contributed by atoms with Gasteiger partial charge in [0.05, 0.1) is 19.3 Å². The van der Waals surface area contributed by atoms with E-state index in [1.54, 1.807) is 18.2 Å². The maximum Gasteiger partial charge on any atom is 0.332 e. The molecule has 0 aliphatic carbocycles. The zero-order valence-electron chi connectivity index (χ0n) is 9.64. The van der Waals surface area contributed by atoms with E-state index in [0.717, 1.165) is 5.56 Å². The van der Waals surface area contributed by atoms with Crippen LogP contribution in [0.15, 0.2) is 18.2 Å². The predicted molar refractivity (Wildman–Crippen MR) is 59.6 cm³/mol. The van der Waals surface area contributed by atoms with Crippen LogP contribution in [0.1, 0.15) is 18.1 Å². The molecule has 0 radical (unpaired) electrons. The van der Waals surface area contributed by atoms with Gasteiger partial charge in [-0.25, -0.2) is 4.79 Å². The lowest BCUT2D eigenvalue weighted by Crippen LogP contribution is -2.19. The summed E-state index contributed by atoms with van der Waals surface area (Å²) in [5.41, 5.74) is 1.19. The van der Waals surface area contributed by atoms with Gasteiger partial charge in [0, 0.05) is 0 Å². The molecule has 1 atom stereocenters. The molecule has 5 nitrogen and oxygen atoms in total. The van der Waals surface area contributed by atoms with E-state index >= 15 is 0 Å². The fourth-order valence-corrected chi connectivity index (χ4v) is 1.21. The Hall–Kier alpha value is -2.06. The largest absolute Gasteiger partial charge is 0.495 e. The first-order valence-corrected chi connectivity index (χ1v) is 5.00. The van der Waals surface area contributed by atoms with E-state index in [0.29, 0.717) is 11.3 Å². The number of hydrogen-bond acceptors (Lipinski definition) is 4. The number of nitriles is 1. The van der Waals surface area contributed by atoms with Crippen LogP contribution in [-0.2, 0) is 16.1 Å². The summed E-state index contributed by atoms with van der Waals surface area (Å²) < 4.78 is 10.2. The van der Waals surface area contributed by atoms with Crippen molar-refractivity contribution < 1.29 is 19.4 Å². The molecule has 1 aromatic rings. The third-order valence-corrected chi connectivity index (χ3v) is 2.23. The molecule has 0 saturated carbocycles. The van der Waals surface area contributed by atoms with E-state index in [9.17, 15) is 4.79 Å². The minimum Gasteiger partial charge on any atom is -0.495 e. The molecular weight excluding hydrogens is 222 g/mol. The van der Waals surface area contributed by atoms with Crippen LogP contribution in [0.3, 0.4) is 0 Å². The first kappa shape index (κ1) is 13.0. The molecule has 0 aliphatic rings. The highest BCUT2D eigenvalue weighted by Gasteiger charge is 2.11. The topological polar surface area (TPSA) is 79.6 Å². The van der Waals surface area contributed by atoms with Crippen LogP contribution in [0.4, 0.5) is 0 Å². The molecule has 17 heavy (non-hydrogen) atoms. The smallest absolute Gasteiger partial charge is 0.332 e. The van der Waals surface area contributed by atoms with Gasteiger partial charge in [-0.05, 0) is 24.6 Å². The normalized spacial score (nSPS) is 11.6. The Balaban J connectivity index is 2.74. The van der Waals surface area contributed by atoms with Gasteiger partial charge in [-0.1, -0.05) is 6.07 Å². The number of carboxylic acid groups (broad SMARTS) is 1. The van der Waals surface area contributed by atoms with Gasteiger partial charge in [0.2, 0.25) is 0 Å². The molecule has 90 valence electrons. The van der Waals surface area contributed by atoms with Crippen LogP contribution < -0.4 is 4.74 Å². The molecule has 0 amide bonds. The number of ether oxygens (including phenoxy) is 2. The van der Waals surface area contributed by atoms with E-state index in [2.05, 4.69) is 0 Å². The second kappa shape index (κ2) is 5.87. The van der Waals surface area contributed by atoms with Crippen molar-refractivity contribution in [1.82, 2.24) is 0 Å². The lowest BCUT2D eigenvalue weighted by atomic mass is 10.1. The van der Waals surface area contributed by atoms with Crippen molar-refractivity contribution >= 4 is 5.97 Å². The fraction of sp³-hybridized carbons (Fsp3) is 0.333. The number of nitrogens with zero attached hydrogens (tertiary/aromatic N) is 1. The molecule has 0 fully saturated rings. The van der Waals surface area contributed by atoms with E-state index in [1.165, 1.54) is 14.0 Å². The number of aliphatic carboxylic acids is 1. The van der Waals surface area contributed by atoms with E-state index in [4.69, 9.17) is 19.8 Å². The number of carboxylic acids is 1. The fourth-order valence-electron chi connectivity index (χ4n) is 1.21. The zero-order chi connectivity index (χ0) is 12.8. The first-order valence-electron chi connectivity index (χ1n) is 5.00. The Morgan fingerprint density at radius 1 is 1.59 bits per heavy atom. The molecule has 0 unspecified atom stereocenters. The van der Waals surface area contributed by atoms with Gasteiger partial charge >= 0.3 is 5.97 Å². The summed E-state index contributed by atoms with van der Waals surface area (Å²) in [6, 6.07) is 6.97. The molecule has 0 aliphatic heterocycles. The van der Waals surface area contributed by atoms with Crippen molar-refractivity contribution in [2.24, 2.45) is 0 Å². The van der Waals surface area contributed by atoms with Crippen molar-refractivity contribution in [3.05, 3.63) is 29.3 Å². The average molecular weight is 235 g/mol. The maximum atomic E-state index is 10.6. The third kappa shape index (κ3) is 3.47. The number of carbonyl (C=O) groups is 1. The molecule has 0 heterocycles. The number of hydrogen-bond donors (Lipinski definition) is 1. The molecule has 0 saturated heterocycles. The summed E-state index contributed by atoms with van der Waals surface area (Å²) in [5.74, 6) is -0.554. The first-order chi connectivity index (χ1) is 8.08. The summed E-state index contributed by atoms with van der Waals surface area (Å²) in [6.45, 7) is 1.62. The van der Waals surface area contributed by atoms with Crippen molar-refractivity contribution in [2.75, 3.05) is 7.11 Å². The van der Waals surface area contributed by atoms with Crippen molar-refractivity contribution in [3.8, 4) is 11.8 Å². The van der Waals surface area contributed by atoms with Gasteiger partial charge in [-0.2, -0.15) is 5.26 Å². The summed E-state index contributed by atoms with van der Waals surface area (Å²) >= 11 is 0. The van der Waals surface area contributed by atoms with Crippen molar-refractivity contribution in [1.29, 1.82) is 5.26 Å². The molecule has 0 bridgehead atoms. The minimum absolute atomic E-state index is 0.162. The molecule has 1 N–H and O–H groups in total. The lowest BCUT2D eigenvalue weighted by molar-refractivity contribution is -0.149. The van der Waals surface area contributed by atoms with Gasteiger partial charge in [0.25, 0.3) is 0 Å². The van der Waals surface area contributed by atoms with Crippen molar-refractivity contribution in [2.45, 2.75) is 19.6 Å². The van der Waals surface area contributed by atoms with Gasteiger partial charge in [0.15, 0.2) is 6.10 Å². The third-order valence-electron chi connectivity index (χ3n) is 2.23. The monoisotopic (exact) mass is 235 g/mol. The second-order valence-corrected chi connectivity index (χ2v) is 3.44. The molecule has 1 rings (SSSR count). The number of methoxy groups -OCH3 is 1. The van der Waals surface area contributed by atoms with Crippen LogP contribution in [0.2, 0.25) is 0 Å². The van der Waals surface area contributed by atoms with Crippen LogP contribution in [0.5, 0.6) is 5.75 Å². The maximum absolute atomic E-state index is 10.6. The predicted octanol–water partition coefficient (Wildman–Crippen LogP) is 1.56.